The molecule has 118 valence electrons. The van der Waals surface area contributed by atoms with Gasteiger partial charge in [0.05, 0.1) is 10.7 Å². The summed E-state index contributed by atoms with van der Waals surface area (Å²) in [4.78, 5) is 12.0. The van der Waals surface area contributed by atoms with Crippen LogP contribution < -0.4 is 16.0 Å². The van der Waals surface area contributed by atoms with E-state index in [1.54, 1.807) is 0 Å². The number of anilines is 1. The predicted molar refractivity (Wildman–Crippen MR) is 84.5 cm³/mol. The van der Waals surface area contributed by atoms with E-state index >= 15 is 0 Å². The summed E-state index contributed by atoms with van der Waals surface area (Å²) in [5, 5.41) is 3.66. The van der Waals surface area contributed by atoms with Gasteiger partial charge in [-0.1, -0.05) is 37.0 Å². The fraction of sp³-hybridized carbons (Fsp3) is 0.286. The average Bonchev–Trinajstić information content (AvgIpc) is 2.44. The first kappa shape index (κ1) is 16.6. The Bertz CT molecular complexity index is 791. The number of nitrogens with two attached hydrogens (primary N) is 1. The highest BCUT2D eigenvalue weighted by molar-refractivity contribution is 6.37. The number of benzene rings is 1. The molecular formula is C14H14Cl2FN3O2. The number of hydrogen-bond donors (Lipinski definition) is 1. The van der Waals surface area contributed by atoms with E-state index < -0.39 is 5.82 Å². The SMILES string of the molecule is CC(C)c1cc(Oc2c(Cl)cc(N)c(F)c2Cl)nn(C)c1=O. The van der Waals surface area contributed by atoms with Gasteiger partial charge in [-0.3, -0.25) is 4.79 Å². The van der Waals surface area contributed by atoms with Gasteiger partial charge in [0.15, 0.2) is 11.6 Å². The predicted octanol–water partition coefficient (Wildman–Crippen LogP) is 3.72. The Hall–Kier alpha value is -1.79. The second kappa shape index (κ2) is 6.14. The smallest absolute Gasteiger partial charge is 0.270 e. The lowest BCUT2D eigenvalue weighted by Gasteiger charge is -2.13. The molecule has 0 bridgehead atoms. The van der Waals surface area contributed by atoms with Gasteiger partial charge in [0.1, 0.15) is 5.02 Å². The summed E-state index contributed by atoms with van der Waals surface area (Å²) < 4.78 is 20.4. The van der Waals surface area contributed by atoms with Crippen LogP contribution in [-0.2, 0) is 7.05 Å². The van der Waals surface area contributed by atoms with E-state index in [9.17, 15) is 9.18 Å². The highest BCUT2D eigenvalue weighted by atomic mass is 35.5. The molecular weight excluding hydrogens is 332 g/mol. The zero-order valence-electron chi connectivity index (χ0n) is 12.2. The molecule has 2 N–H and O–H groups in total. The molecule has 1 aromatic carbocycles. The quantitative estimate of drug-likeness (QED) is 0.679. The van der Waals surface area contributed by atoms with Crippen LogP contribution in [0.4, 0.5) is 10.1 Å². The number of hydrogen-bond acceptors (Lipinski definition) is 4. The second-order valence-electron chi connectivity index (χ2n) is 5.03. The summed E-state index contributed by atoms with van der Waals surface area (Å²) in [6.45, 7) is 3.73. The molecule has 1 aromatic heterocycles. The number of nitrogen functional groups attached to an aromatic ring is 1. The van der Waals surface area contributed by atoms with Gasteiger partial charge in [0.25, 0.3) is 5.56 Å². The minimum Gasteiger partial charge on any atom is -0.434 e. The van der Waals surface area contributed by atoms with E-state index in [0.29, 0.717) is 5.56 Å². The summed E-state index contributed by atoms with van der Waals surface area (Å²) >= 11 is 11.8. The molecule has 0 spiro atoms. The third-order valence-electron chi connectivity index (χ3n) is 3.04. The molecule has 0 unspecified atom stereocenters. The number of rotatable bonds is 3. The van der Waals surface area contributed by atoms with Crippen molar-refractivity contribution in [2.24, 2.45) is 7.05 Å². The molecule has 0 aliphatic carbocycles. The monoisotopic (exact) mass is 345 g/mol. The Balaban J connectivity index is 2.53. The van der Waals surface area contributed by atoms with E-state index in [1.165, 1.54) is 19.2 Å². The highest BCUT2D eigenvalue weighted by Gasteiger charge is 2.18. The van der Waals surface area contributed by atoms with Crippen molar-refractivity contribution in [3.8, 4) is 11.6 Å². The van der Waals surface area contributed by atoms with Crippen molar-refractivity contribution in [2.75, 3.05) is 5.73 Å². The molecule has 5 nitrogen and oxygen atoms in total. The Morgan fingerprint density at radius 3 is 2.59 bits per heavy atom. The Kier molecular flexibility index (Phi) is 4.63. The van der Waals surface area contributed by atoms with E-state index in [1.807, 2.05) is 13.8 Å². The van der Waals surface area contributed by atoms with Gasteiger partial charge in [0, 0.05) is 18.7 Å². The normalized spacial score (nSPS) is 11.0. The van der Waals surface area contributed by atoms with Crippen molar-refractivity contribution in [1.82, 2.24) is 9.78 Å². The van der Waals surface area contributed by atoms with Crippen LogP contribution >= 0.6 is 23.2 Å². The van der Waals surface area contributed by atoms with Crippen LogP contribution in [0.25, 0.3) is 0 Å². The van der Waals surface area contributed by atoms with E-state index in [0.717, 1.165) is 4.68 Å². The lowest BCUT2D eigenvalue weighted by molar-refractivity contribution is 0.434. The van der Waals surface area contributed by atoms with Crippen LogP contribution in [0.15, 0.2) is 16.9 Å². The number of ether oxygens (including phenoxy) is 1. The maximum Gasteiger partial charge on any atom is 0.270 e. The van der Waals surface area contributed by atoms with E-state index in [2.05, 4.69) is 5.10 Å². The summed E-state index contributed by atoms with van der Waals surface area (Å²) in [6.07, 6.45) is 0. The van der Waals surface area contributed by atoms with Crippen molar-refractivity contribution in [2.45, 2.75) is 19.8 Å². The van der Waals surface area contributed by atoms with E-state index in [-0.39, 0.29) is 38.8 Å². The highest BCUT2D eigenvalue weighted by Crippen LogP contribution is 2.40. The first-order valence-corrected chi connectivity index (χ1v) is 7.17. The molecule has 2 rings (SSSR count). The van der Waals surface area contributed by atoms with Gasteiger partial charge in [-0.25, -0.2) is 9.07 Å². The topological polar surface area (TPSA) is 70.1 Å². The zero-order chi connectivity index (χ0) is 16.6. The molecule has 0 fully saturated rings. The largest absolute Gasteiger partial charge is 0.434 e. The number of aromatic nitrogens is 2. The number of nitrogens with zero attached hydrogens (tertiary/aromatic N) is 2. The molecule has 0 saturated heterocycles. The Morgan fingerprint density at radius 2 is 2.00 bits per heavy atom. The van der Waals surface area contributed by atoms with Crippen molar-refractivity contribution in [3.63, 3.8) is 0 Å². The van der Waals surface area contributed by atoms with Crippen LogP contribution in [0.1, 0.15) is 25.3 Å². The van der Waals surface area contributed by atoms with Crippen LogP contribution in [-0.4, -0.2) is 9.78 Å². The average molecular weight is 346 g/mol. The molecule has 1 heterocycles. The molecule has 0 saturated carbocycles. The number of halogens is 3. The minimum atomic E-state index is -0.824. The number of aryl methyl sites for hydroxylation is 1. The van der Waals surface area contributed by atoms with Gasteiger partial charge in [-0.15, -0.1) is 5.10 Å². The van der Waals surface area contributed by atoms with Crippen molar-refractivity contribution < 1.29 is 9.13 Å². The summed E-state index contributed by atoms with van der Waals surface area (Å²) in [5.74, 6) is -0.872. The molecule has 8 heteroatoms. The van der Waals surface area contributed by atoms with Gasteiger partial charge in [-0.2, -0.15) is 0 Å². The van der Waals surface area contributed by atoms with Crippen LogP contribution in [0.5, 0.6) is 11.6 Å². The third kappa shape index (κ3) is 3.03. The molecule has 0 aliphatic heterocycles. The van der Waals surface area contributed by atoms with Crippen LogP contribution in [0, 0.1) is 5.82 Å². The van der Waals surface area contributed by atoms with Crippen LogP contribution in [0.3, 0.4) is 0 Å². The summed E-state index contributed by atoms with van der Waals surface area (Å²) in [5.41, 5.74) is 5.53. The van der Waals surface area contributed by atoms with Gasteiger partial charge >= 0.3 is 0 Å². The lowest BCUT2D eigenvalue weighted by Crippen LogP contribution is -2.24. The summed E-state index contributed by atoms with van der Waals surface area (Å²) in [6, 6.07) is 2.68. The minimum absolute atomic E-state index is 0.0295. The molecule has 0 aliphatic rings. The lowest BCUT2D eigenvalue weighted by atomic mass is 10.1. The zero-order valence-corrected chi connectivity index (χ0v) is 13.7. The maximum atomic E-state index is 13.8. The van der Waals surface area contributed by atoms with Gasteiger partial charge in [-0.05, 0) is 12.0 Å². The van der Waals surface area contributed by atoms with Crippen LogP contribution in [0.2, 0.25) is 10.0 Å². The fourth-order valence-corrected chi connectivity index (χ4v) is 2.41. The maximum absolute atomic E-state index is 13.8. The Labute approximate surface area is 136 Å². The fourth-order valence-electron chi connectivity index (χ4n) is 1.86. The van der Waals surface area contributed by atoms with Crippen molar-refractivity contribution >= 4 is 28.9 Å². The van der Waals surface area contributed by atoms with Crippen molar-refractivity contribution in [3.05, 3.63) is 43.9 Å². The molecule has 22 heavy (non-hydrogen) atoms. The molecule has 0 amide bonds. The first-order chi connectivity index (χ1) is 10.2. The van der Waals surface area contributed by atoms with Gasteiger partial charge in [0.2, 0.25) is 5.88 Å². The van der Waals surface area contributed by atoms with E-state index in [4.69, 9.17) is 33.7 Å². The third-order valence-corrected chi connectivity index (χ3v) is 3.66. The second-order valence-corrected chi connectivity index (χ2v) is 5.81. The summed E-state index contributed by atoms with van der Waals surface area (Å²) in [7, 11) is 1.49. The molecule has 2 aromatic rings. The molecule has 0 atom stereocenters. The first-order valence-electron chi connectivity index (χ1n) is 6.41. The van der Waals surface area contributed by atoms with Gasteiger partial charge < -0.3 is 10.5 Å². The Morgan fingerprint density at radius 1 is 1.36 bits per heavy atom. The van der Waals surface area contributed by atoms with Crippen molar-refractivity contribution in [1.29, 1.82) is 0 Å². The molecule has 0 radical (unpaired) electrons. The standard InChI is InChI=1S/C14H14Cl2FN3O2/c1-6(2)7-4-10(19-20(3)14(7)21)22-13-8(15)5-9(18)12(17)11(13)16/h4-6H,18H2,1-3H3.